The molecule has 3 heterocycles. The number of nitrogens with zero attached hydrogens (tertiary/aromatic N) is 5. The van der Waals surface area contributed by atoms with Gasteiger partial charge < -0.3 is 4.90 Å². The molecule has 0 radical (unpaired) electrons. The van der Waals surface area contributed by atoms with E-state index in [1.807, 2.05) is 16.7 Å². The molecule has 0 spiro atoms. The SMILES string of the molecule is Cc1ccccc1Cn1c(N2CCCC2)nc2c1c(=O)n(C)c(=O)n2C. The number of benzene rings is 1. The molecule has 1 fully saturated rings. The Kier molecular flexibility index (Phi) is 3.94. The Bertz CT molecular complexity index is 1100. The molecule has 2 aromatic heterocycles. The molecular weight excluding hydrogens is 330 g/mol. The van der Waals surface area contributed by atoms with E-state index in [1.165, 1.54) is 17.2 Å². The summed E-state index contributed by atoms with van der Waals surface area (Å²) in [7, 11) is 3.19. The number of anilines is 1. The van der Waals surface area contributed by atoms with Gasteiger partial charge in [0.1, 0.15) is 0 Å². The molecule has 0 saturated carbocycles. The van der Waals surface area contributed by atoms with Gasteiger partial charge in [0.05, 0.1) is 6.54 Å². The number of hydrogen-bond acceptors (Lipinski definition) is 4. The maximum atomic E-state index is 12.9. The summed E-state index contributed by atoms with van der Waals surface area (Å²) in [6.45, 7) is 4.47. The summed E-state index contributed by atoms with van der Waals surface area (Å²) in [5, 5.41) is 0. The Labute approximate surface area is 151 Å². The van der Waals surface area contributed by atoms with Crippen molar-refractivity contribution in [3.63, 3.8) is 0 Å². The molecule has 1 aliphatic heterocycles. The molecule has 0 aliphatic carbocycles. The van der Waals surface area contributed by atoms with Gasteiger partial charge in [-0.15, -0.1) is 0 Å². The molecule has 0 unspecified atom stereocenters. The Morgan fingerprint density at radius 3 is 2.42 bits per heavy atom. The zero-order chi connectivity index (χ0) is 18.4. The van der Waals surface area contributed by atoms with E-state index >= 15 is 0 Å². The maximum Gasteiger partial charge on any atom is 0.332 e. The third kappa shape index (κ3) is 2.46. The van der Waals surface area contributed by atoms with Crippen molar-refractivity contribution in [3.8, 4) is 0 Å². The van der Waals surface area contributed by atoms with E-state index in [-0.39, 0.29) is 11.2 Å². The largest absolute Gasteiger partial charge is 0.342 e. The molecular formula is C19H23N5O2. The second kappa shape index (κ2) is 6.16. The number of imidazole rings is 1. The van der Waals surface area contributed by atoms with E-state index in [9.17, 15) is 9.59 Å². The summed E-state index contributed by atoms with van der Waals surface area (Å²) in [6.07, 6.45) is 2.23. The average Bonchev–Trinajstić information content (AvgIpc) is 3.28. The van der Waals surface area contributed by atoms with Crippen LogP contribution in [0.1, 0.15) is 24.0 Å². The van der Waals surface area contributed by atoms with E-state index in [4.69, 9.17) is 4.98 Å². The normalized spacial score (nSPS) is 14.5. The summed E-state index contributed by atoms with van der Waals surface area (Å²) < 4.78 is 4.60. The Morgan fingerprint density at radius 2 is 1.73 bits per heavy atom. The van der Waals surface area contributed by atoms with E-state index in [2.05, 4.69) is 24.0 Å². The lowest BCUT2D eigenvalue weighted by molar-refractivity contribution is 0.701. The first-order chi connectivity index (χ1) is 12.5. The molecule has 0 atom stereocenters. The summed E-state index contributed by atoms with van der Waals surface area (Å²) in [6, 6.07) is 8.15. The van der Waals surface area contributed by atoms with Crippen molar-refractivity contribution in [2.24, 2.45) is 14.1 Å². The van der Waals surface area contributed by atoms with Crippen molar-refractivity contribution < 1.29 is 0 Å². The molecule has 7 heteroatoms. The highest BCUT2D eigenvalue weighted by molar-refractivity contribution is 5.75. The molecule has 1 aliphatic rings. The number of hydrogen-bond donors (Lipinski definition) is 0. The third-order valence-corrected chi connectivity index (χ3v) is 5.31. The minimum atomic E-state index is -0.351. The number of fused-ring (bicyclic) bond motifs is 1. The van der Waals surface area contributed by atoms with Crippen LogP contribution >= 0.6 is 0 Å². The van der Waals surface area contributed by atoms with Crippen molar-refractivity contribution in [1.82, 2.24) is 18.7 Å². The van der Waals surface area contributed by atoms with Crippen LogP contribution in [0.4, 0.5) is 5.95 Å². The summed E-state index contributed by atoms with van der Waals surface area (Å²) in [5.41, 5.74) is 2.60. The van der Waals surface area contributed by atoms with Gasteiger partial charge in [-0.3, -0.25) is 18.5 Å². The quantitative estimate of drug-likeness (QED) is 0.714. The lowest BCUT2D eigenvalue weighted by atomic mass is 10.1. The molecule has 0 N–H and O–H groups in total. The molecule has 0 amide bonds. The van der Waals surface area contributed by atoms with Gasteiger partial charge in [0.25, 0.3) is 5.56 Å². The second-order valence-corrected chi connectivity index (χ2v) is 7.00. The van der Waals surface area contributed by atoms with Gasteiger partial charge in [-0.2, -0.15) is 4.98 Å². The first kappa shape index (κ1) is 16.6. The first-order valence-corrected chi connectivity index (χ1v) is 8.94. The summed E-state index contributed by atoms with van der Waals surface area (Å²) in [4.78, 5) is 32.1. The van der Waals surface area contributed by atoms with Gasteiger partial charge in [0.15, 0.2) is 11.2 Å². The van der Waals surface area contributed by atoms with Gasteiger partial charge in [0.2, 0.25) is 5.95 Å². The predicted molar refractivity (Wildman–Crippen MR) is 102 cm³/mol. The summed E-state index contributed by atoms with van der Waals surface area (Å²) >= 11 is 0. The van der Waals surface area contributed by atoms with E-state index in [0.717, 1.165) is 42.0 Å². The lowest BCUT2D eigenvalue weighted by Gasteiger charge is -2.19. The molecule has 136 valence electrons. The number of aryl methyl sites for hydroxylation is 2. The Hall–Kier alpha value is -2.83. The maximum absolute atomic E-state index is 12.9. The Morgan fingerprint density at radius 1 is 1.04 bits per heavy atom. The molecule has 1 saturated heterocycles. The molecule has 0 bridgehead atoms. The minimum absolute atomic E-state index is 0.297. The number of aromatic nitrogens is 4. The third-order valence-electron chi connectivity index (χ3n) is 5.31. The van der Waals surface area contributed by atoms with Crippen molar-refractivity contribution in [2.45, 2.75) is 26.3 Å². The van der Waals surface area contributed by atoms with Gasteiger partial charge >= 0.3 is 5.69 Å². The van der Waals surface area contributed by atoms with Crippen LogP contribution in [0.5, 0.6) is 0 Å². The zero-order valence-electron chi connectivity index (χ0n) is 15.4. The molecule has 7 nitrogen and oxygen atoms in total. The van der Waals surface area contributed by atoms with Crippen LogP contribution in [0.25, 0.3) is 11.2 Å². The van der Waals surface area contributed by atoms with Crippen LogP contribution in [0.2, 0.25) is 0 Å². The predicted octanol–water partition coefficient (Wildman–Crippen LogP) is 1.39. The fourth-order valence-electron chi connectivity index (χ4n) is 3.70. The van der Waals surface area contributed by atoms with Crippen LogP contribution in [0.15, 0.2) is 33.9 Å². The fourth-order valence-corrected chi connectivity index (χ4v) is 3.70. The van der Waals surface area contributed by atoms with Gasteiger partial charge in [-0.25, -0.2) is 4.79 Å². The van der Waals surface area contributed by atoms with E-state index in [1.54, 1.807) is 7.05 Å². The van der Waals surface area contributed by atoms with Crippen molar-refractivity contribution >= 4 is 17.1 Å². The standard InChI is InChI=1S/C19H23N5O2/c1-13-8-4-5-9-14(13)12-24-15-16(20-18(24)23-10-6-7-11-23)21(2)19(26)22(3)17(15)25/h4-5,8-9H,6-7,10-12H2,1-3H3. The van der Waals surface area contributed by atoms with Crippen molar-refractivity contribution in [1.29, 1.82) is 0 Å². The van der Waals surface area contributed by atoms with Crippen LogP contribution in [0, 0.1) is 6.92 Å². The second-order valence-electron chi connectivity index (χ2n) is 7.00. The van der Waals surface area contributed by atoms with E-state index < -0.39 is 0 Å². The highest BCUT2D eigenvalue weighted by atomic mass is 16.2. The lowest BCUT2D eigenvalue weighted by Crippen LogP contribution is -2.37. The molecule has 4 rings (SSSR count). The molecule has 26 heavy (non-hydrogen) atoms. The van der Waals surface area contributed by atoms with Crippen LogP contribution in [-0.4, -0.2) is 31.8 Å². The van der Waals surface area contributed by atoms with Crippen LogP contribution in [0.3, 0.4) is 0 Å². The highest BCUT2D eigenvalue weighted by Gasteiger charge is 2.24. The molecule has 1 aromatic carbocycles. The Balaban J connectivity index is 2.02. The van der Waals surface area contributed by atoms with Gasteiger partial charge in [0, 0.05) is 27.2 Å². The van der Waals surface area contributed by atoms with Crippen LogP contribution < -0.4 is 16.1 Å². The van der Waals surface area contributed by atoms with Crippen molar-refractivity contribution in [2.75, 3.05) is 18.0 Å². The van der Waals surface area contributed by atoms with Crippen LogP contribution in [-0.2, 0) is 20.6 Å². The fraction of sp³-hybridized carbons (Fsp3) is 0.421. The topological polar surface area (TPSA) is 65.1 Å². The van der Waals surface area contributed by atoms with E-state index in [0.29, 0.717) is 17.7 Å². The first-order valence-electron chi connectivity index (χ1n) is 8.94. The zero-order valence-corrected chi connectivity index (χ0v) is 15.4. The molecule has 3 aromatic rings. The van der Waals surface area contributed by atoms with Crippen molar-refractivity contribution in [3.05, 3.63) is 56.2 Å². The highest BCUT2D eigenvalue weighted by Crippen LogP contribution is 2.25. The minimum Gasteiger partial charge on any atom is -0.342 e. The monoisotopic (exact) mass is 353 g/mol. The summed E-state index contributed by atoms with van der Waals surface area (Å²) in [5.74, 6) is 0.777. The van der Waals surface area contributed by atoms with Gasteiger partial charge in [-0.05, 0) is 30.9 Å². The smallest absolute Gasteiger partial charge is 0.332 e. The number of rotatable bonds is 3. The average molecular weight is 353 g/mol. The van der Waals surface area contributed by atoms with Gasteiger partial charge in [-0.1, -0.05) is 24.3 Å².